The molecular formula is C14H20FNO2. The highest BCUT2D eigenvalue weighted by Gasteiger charge is 2.23. The predicted molar refractivity (Wildman–Crippen MR) is 69.0 cm³/mol. The molecule has 1 amide bonds. The van der Waals surface area contributed by atoms with Gasteiger partial charge in [0.05, 0.1) is 13.2 Å². The van der Waals surface area contributed by atoms with Crippen LogP contribution in [0.1, 0.15) is 39.3 Å². The van der Waals surface area contributed by atoms with E-state index in [1.807, 2.05) is 27.7 Å². The van der Waals surface area contributed by atoms with Crippen molar-refractivity contribution in [2.75, 3.05) is 7.11 Å². The van der Waals surface area contributed by atoms with Gasteiger partial charge in [0.2, 0.25) is 5.91 Å². The predicted octanol–water partition coefficient (Wildman–Crippen LogP) is 3.06. The van der Waals surface area contributed by atoms with Crippen molar-refractivity contribution in [3.05, 3.63) is 29.6 Å². The summed E-state index contributed by atoms with van der Waals surface area (Å²) in [4.78, 5) is 11.8. The van der Waals surface area contributed by atoms with Crippen LogP contribution in [0.25, 0.3) is 0 Å². The lowest BCUT2D eigenvalue weighted by Gasteiger charge is -2.22. The van der Waals surface area contributed by atoms with Crippen LogP contribution in [0.15, 0.2) is 18.2 Å². The van der Waals surface area contributed by atoms with Gasteiger partial charge in [0.15, 0.2) is 11.6 Å². The van der Waals surface area contributed by atoms with E-state index in [1.54, 1.807) is 12.1 Å². The number of benzene rings is 1. The highest BCUT2D eigenvalue weighted by molar-refractivity contribution is 5.81. The Morgan fingerprint density at radius 1 is 1.39 bits per heavy atom. The topological polar surface area (TPSA) is 38.3 Å². The molecule has 0 aliphatic heterocycles. The average Bonchev–Trinajstić information content (AvgIpc) is 2.27. The quantitative estimate of drug-likeness (QED) is 0.899. The number of rotatable bonds is 3. The summed E-state index contributed by atoms with van der Waals surface area (Å²) in [7, 11) is 1.42. The first-order valence-corrected chi connectivity index (χ1v) is 5.90. The van der Waals surface area contributed by atoms with Gasteiger partial charge in [0.25, 0.3) is 0 Å². The third-order valence-corrected chi connectivity index (χ3v) is 2.70. The monoisotopic (exact) mass is 253 g/mol. The maximum atomic E-state index is 13.5. The molecule has 0 spiro atoms. The number of hydrogen-bond donors (Lipinski definition) is 1. The molecule has 4 heteroatoms. The second-order valence-electron chi connectivity index (χ2n) is 5.34. The van der Waals surface area contributed by atoms with Crippen molar-refractivity contribution in [2.45, 2.75) is 33.7 Å². The summed E-state index contributed by atoms with van der Waals surface area (Å²) >= 11 is 0. The molecule has 1 atom stereocenters. The molecule has 3 nitrogen and oxygen atoms in total. The van der Waals surface area contributed by atoms with Crippen LogP contribution in [0.3, 0.4) is 0 Å². The number of ether oxygens (including phenoxy) is 1. The minimum absolute atomic E-state index is 0.0637. The molecule has 0 saturated carbocycles. The first kappa shape index (κ1) is 14.5. The zero-order valence-corrected chi connectivity index (χ0v) is 11.5. The van der Waals surface area contributed by atoms with E-state index >= 15 is 0 Å². The lowest BCUT2D eigenvalue weighted by atomic mass is 9.94. The Balaban J connectivity index is 2.82. The summed E-state index contributed by atoms with van der Waals surface area (Å²) < 4.78 is 18.4. The number of nitrogens with one attached hydrogen (secondary N) is 1. The van der Waals surface area contributed by atoms with Gasteiger partial charge in [-0.05, 0) is 24.6 Å². The van der Waals surface area contributed by atoms with Gasteiger partial charge in [-0.3, -0.25) is 4.79 Å². The van der Waals surface area contributed by atoms with E-state index in [-0.39, 0.29) is 17.7 Å². The lowest BCUT2D eigenvalue weighted by Crippen LogP contribution is -2.36. The second kappa shape index (κ2) is 5.38. The molecule has 1 N–H and O–H groups in total. The SMILES string of the molecule is COc1ccc(C(C)NC(=O)C(C)(C)C)cc1F. The van der Waals surface area contributed by atoms with E-state index in [9.17, 15) is 9.18 Å². The Hall–Kier alpha value is -1.58. The molecule has 0 saturated heterocycles. The van der Waals surface area contributed by atoms with Crippen LogP contribution in [-0.4, -0.2) is 13.0 Å². The summed E-state index contributed by atoms with van der Waals surface area (Å²) in [5.41, 5.74) is 0.255. The van der Waals surface area contributed by atoms with Crippen molar-refractivity contribution < 1.29 is 13.9 Å². The van der Waals surface area contributed by atoms with Crippen molar-refractivity contribution in [2.24, 2.45) is 5.41 Å². The number of amides is 1. The van der Waals surface area contributed by atoms with Crippen molar-refractivity contribution in [3.8, 4) is 5.75 Å². The molecule has 18 heavy (non-hydrogen) atoms. The molecule has 0 aromatic heterocycles. The van der Waals surface area contributed by atoms with E-state index in [4.69, 9.17) is 4.74 Å². The van der Waals surface area contributed by atoms with E-state index in [2.05, 4.69) is 5.32 Å². The standard InChI is InChI=1S/C14H20FNO2/c1-9(16-13(17)14(2,3)4)10-6-7-12(18-5)11(15)8-10/h6-9H,1-5H3,(H,16,17). The number of hydrogen-bond acceptors (Lipinski definition) is 2. The highest BCUT2D eigenvalue weighted by atomic mass is 19.1. The summed E-state index contributed by atoms with van der Waals surface area (Å²) in [6.45, 7) is 7.34. The Bertz CT molecular complexity index is 438. The smallest absolute Gasteiger partial charge is 0.225 e. The summed E-state index contributed by atoms with van der Waals surface area (Å²) in [6.07, 6.45) is 0. The van der Waals surface area contributed by atoms with Crippen LogP contribution in [-0.2, 0) is 4.79 Å². The fraction of sp³-hybridized carbons (Fsp3) is 0.500. The summed E-state index contributed by atoms with van der Waals surface area (Å²) in [5, 5.41) is 2.85. The first-order valence-electron chi connectivity index (χ1n) is 5.90. The molecule has 0 fully saturated rings. The molecule has 1 unspecified atom stereocenters. The van der Waals surface area contributed by atoms with Crippen molar-refractivity contribution in [1.82, 2.24) is 5.32 Å². The van der Waals surface area contributed by atoms with E-state index in [0.29, 0.717) is 5.56 Å². The fourth-order valence-electron chi connectivity index (χ4n) is 1.45. The van der Waals surface area contributed by atoms with Gasteiger partial charge >= 0.3 is 0 Å². The third kappa shape index (κ3) is 3.45. The molecule has 0 radical (unpaired) electrons. The van der Waals surface area contributed by atoms with Crippen LogP contribution in [0.2, 0.25) is 0 Å². The maximum absolute atomic E-state index is 13.5. The van der Waals surface area contributed by atoms with Crippen LogP contribution in [0.4, 0.5) is 4.39 Å². The zero-order chi connectivity index (χ0) is 13.9. The summed E-state index contributed by atoms with van der Waals surface area (Å²) in [5.74, 6) is -0.286. The Morgan fingerprint density at radius 3 is 2.44 bits per heavy atom. The van der Waals surface area contributed by atoms with Crippen molar-refractivity contribution >= 4 is 5.91 Å². The van der Waals surface area contributed by atoms with Gasteiger partial charge in [-0.1, -0.05) is 26.8 Å². The Labute approximate surface area is 107 Å². The number of methoxy groups -OCH3 is 1. The Kier molecular flexibility index (Phi) is 4.33. The van der Waals surface area contributed by atoms with E-state index in [0.717, 1.165) is 0 Å². The molecule has 0 aliphatic carbocycles. The fourth-order valence-corrected chi connectivity index (χ4v) is 1.45. The van der Waals surface area contributed by atoms with Crippen LogP contribution >= 0.6 is 0 Å². The molecule has 0 aliphatic rings. The number of halogens is 1. The van der Waals surface area contributed by atoms with Crippen LogP contribution < -0.4 is 10.1 Å². The highest BCUT2D eigenvalue weighted by Crippen LogP contribution is 2.23. The van der Waals surface area contributed by atoms with Gasteiger partial charge in [0.1, 0.15) is 0 Å². The second-order valence-corrected chi connectivity index (χ2v) is 5.34. The van der Waals surface area contributed by atoms with E-state index < -0.39 is 11.2 Å². The van der Waals surface area contributed by atoms with Crippen LogP contribution in [0, 0.1) is 11.2 Å². The average molecular weight is 253 g/mol. The van der Waals surface area contributed by atoms with Gasteiger partial charge in [-0.25, -0.2) is 4.39 Å². The number of carbonyl (C=O) groups excluding carboxylic acids is 1. The molecule has 1 aromatic carbocycles. The van der Waals surface area contributed by atoms with Gasteiger partial charge in [-0.2, -0.15) is 0 Å². The Morgan fingerprint density at radius 2 is 2.00 bits per heavy atom. The maximum Gasteiger partial charge on any atom is 0.225 e. The number of carbonyl (C=O) groups is 1. The summed E-state index contributed by atoms with van der Waals surface area (Å²) in [6, 6.07) is 4.45. The normalized spacial score (nSPS) is 13.0. The minimum atomic E-state index is -0.459. The van der Waals surface area contributed by atoms with E-state index in [1.165, 1.54) is 13.2 Å². The molecule has 0 heterocycles. The molecule has 1 aromatic rings. The van der Waals surface area contributed by atoms with Gasteiger partial charge in [0, 0.05) is 5.41 Å². The minimum Gasteiger partial charge on any atom is -0.494 e. The largest absolute Gasteiger partial charge is 0.494 e. The van der Waals surface area contributed by atoms with Gasteiger partial charge in [-0.15, -0.1) is 0 Å². The molecular weight excluding hydrogens is 233 g/mol. The van der Waals surface area contributed by atoms with Crippen molar-refractivity contribution in [1.29, 1.82) is 0 Å². The molecule has 1 rings (SSSR count). The van der Waals surface area contributed by atoms with Crippen LogP contribution in [0.5, 0.6) is 5.75 Å². The van der Waals surface area contributed by atoms with Gasteiger partial charge < -0.3 is 10.1 Å². The zero-order valence-electron chi connectivity index (χ0n) is 11.5. The molecule has 0 bridgehead atoms. The first-order chi connectivity index (χ1) is 8.25. The third-order valence-electron chi connectivity index (χ3n) is 2.70. The lowest BCUT2D eigenvalue weighted by molar-refractivity contribution is -0.129. The molecule has 100 valence electrons. The van der Waals surface area contributed by atoms with Crippen molar-refractivity contribution in [3.63, 3.8) is 0 Å².